The molecule has 0 bridgehead atoms. The fourth-order valence-corrected chi connectivity index (χ4v) is 1.64. The van der Waals surface area contributed by atoms with Gasteiger partial charge in [0.25, 0.3) is 5.56 Å². The molecule has 1 heterocycles. The van der Waals surface area contributed by atoms with Crippen molar-refractivity contribution in [3.05, 3.63) is 22.2 Å². The van der Waals surface area contributed by atoms with Gasteiger partial charge in [0.2, 0.25) is 0 Å². The molecule has 0 radical (unpaired) electrons. The Morgan fingerprint density at radius 2 is 2.06 bits per heavy atom. The van der Waals surface area contributed by atoms with Crippen LogP contribution in [-0.2, 0) is 16.0 Å². The Bertz CT molecular complexity index is 452. The van der Waals surface area contributed by atoms with Crippen molar-refractivity contribution < 1.29 is 9.53 Å². The monoisotopic (exact) mass is 253 g/mol. The summed E-state index contributed by atoms with van der Waals surface area (Å²) in [5.74, 6) is 0.531. The van der Waals surface area contributed by atoms with Crippen molar-refractivity contribution in [1.82, 2.24) is 9.97 Å². The highest BCUT2D eigenvalue weighted by atomic mass is 16.5. The maximum atomic E-state index is 11.5. The van der Waals surface area contributed by atoms with Gasteiger partial charge in [-0.25, -0.2) is 4.98 Å². The van der Waals surface area contributed by atoms with E-state index in [2.05, 4.69) is 9.97 Å². The fourth-order valence-electron chi connectivity index (χ4n) is 1.64. The lowest BCUT2D eigenvalue weighted by molar-refractivity contribution is -0.142. The van der Waals surface area contributed by atoms with Crippen LogP contribution in [0, 0.1) is 0 Å². The number of ether oxygens (including phenoxy) is 1. The molecule has 0 amide bonds. The minimum Gasteiger partial charge on any atom is -0.466 e. The van der Waals surface area contributed by atoms with Crippen LogP contribution in [0.5, 0.6) is 0 Å². The summed E-state index contributed by atoms with van der Waals surface area (Å²) in [6.07, 6.45) is -0.0157. The molecule has 0 saturated carbocycles. The molecule has 0 saturated heterocycles. The van der Waals surface area contributed by atoms with Crippen LogP contribution in [0.25, 0.3) is 0 Å². The minimum atomic E-state index is -0.391. The number of nitrogens with zero attached hydrogens (tertiary/aromatic N) is 2. The lowest BCUT2D eigenvalue weighted by Gasteiger charge is -2.19. The zero-order valence-corrected chi connectivity index (χ0v) is 11.0. The summed E-state index contributed by atoms with van der Waals surface area (Å²) in [7, 11) is 0. The van der Waals surface area contributed by atoms with Gasteiger partial charge in [-0.3, -0.25) is 9.59 Å². The molecule has 100 valence electrons. The number of aromatic amines is 1. The molecule has 0 aliphatic rings. The Labute approximate surface area is 106 Å². The van der Waals surface area contributed by atoms with E-state index in [1.54, 1.807) is 6.92 Å². The van der Waals surface area contributed by atoms with E-state index in [1.165, 1.54) is 6.07 Å². The number of nitrogens with one attached hydrogen (secondary N) is 1. The Morgan fingerprint density at radius 3 is 2.61 bits per heavy atom. The SMILES string of the molecule is CCOC(=O)Cc1nc(N(CC)CC)cc(=O)[nH]1. The molecule has 6 heteroatoms. The molecule has 18 heavy (non-hydrogen) atoms. The predicted octanol–water partition coefficient (Wildman–Crippen LogP) is 0.722. The molecule has 0 aromatic carbocycles. The molecule has 1 aromatic heterocycles. The van der Waals surface area contributed by atoms with Crippen LogP contribution in [0.2, 0.25) is 0 Å². The molecule has 0 aliphatic carbocycles. The Hall–Kier alpha value is -1.85. The van der Waals surface area contributed by atoms with Gasteiger partial charge in [0, 0.05) is 19.2 Å². The lowest BCUT2D eigenvalue weighted by Crippen LogP contribution is -2.26. The smallest absolute Gasteiger partial charge is 0.313 e. The molecule has 1 aromatic rings. The highest BCUT2D eigenvalue weighted by Gasteiger charge is 2.10. The second kappa shape index (κ2) is 6.78. The van der Waals surface area contributed by atoms with Crippen LogP contribution in [0.4, 0.5) is 5.82 Å². The number of rotatable bonds is 6. The first-order valence-electron chi connectivity index (χ1n) is 6.11. The Balaban J connectivity index is 2.93. The number of carbonyl (C=O) groups is 1. The van der Waals surface area contributed by atoms with Gasteiger partial charge in [0.15, 0.2) is 0 Å². The molecule has 6 nitrogen and oxygen atoms in total. The van der Waals surface area contributed by atoms with Crippen LogP contribution in [0.1, 0.15) is 26.6 Å². The third kappa shape index (κ3) is 3.87. The quantitative estimate of drug-likeness (QED) is 0.756. The first kappa shape index (κ1) is 14.2. The molecule has 0 unspecified atom stereocenters. The predicted molar refractivity (Wildman–Crippen MR) is 68.8 cm³/mol. The molecule has 0 spiro atoms. The second-order valence-corrected chi connectivity index (χ2v) is 3.70. The van der Waals surface area contributed by atoms with Crippen molar-refractivity contribution in [2.75, 3.05) is 24.6 Å². The van der Waals surface area contributed by atoms with Gasteiger partial charge in [0.05, 0.1) is 6.61 Å². The number of esters is 1. The second-order valence-electron chi connectivity index (χ2n) is 3.70. The Kier molecular flexibility index (Phi) is 5.35. The van der Waals surface area contributed by atoms with E-state index >= 15 is 0 Å². The first-order chi connectivity index (χ1) is 8.60. The van der Waals surface area contributed by atoms with Gasteiger partial charge < -0.3 is 14.6 Å². The van der Waals surface area contributed by atoms with Crippen LogP contribution in [-0.4, -0.2) is 35.6 Å². The van der Waals surface area contributed by atoms with Gasteiger partial charge in [-0.1, -0.05) is 0 Å². The van der Waals surface area contributed by atoms with Crippen molar-refractivity contribution in [3.63, 3.8) is 0 Å². The van der Waals surface area contributed by atoms with Gasteiger partial charge in [0.1, 0.15) is 18.1 Å². The highest BCUT2D eigenvalue weighted by Crippen LogP contribution is 2.07. The van der Waals surface area contributed by atoms with E-state index in [-0.39, 0.29) is 12.0 Å². The van der Waals surface area contributed by atoms with Gasteiger partial charge in [-0.05, 0) is 20.8 Å². The fraction of sp³-hybridized carbons (Fsp3) is 0.583. The number of hydrogen-bond donors (Lipinski definition) is 1. The van der Waals surface area contributed by atoms with E-state index in [1.807, 2.05) is 18.7 Å². The first-order valence-corrected chi connectivity index (χ1v) is 6.11. The van der Waals surface area contributed by atoms with Crippen LogP contribution < -0.4 is 10.5 Å². The molecule has 1 rings (SSSR count). The third-order valence-corrected chi connectivity index (χ3v) is 2.48. The van der Waals surface area contributed by atoms with Crippen molar-refractivity contribution in [2.24, 2.45) is 0 Å². The van der Waals surface area contributed by atoms with Crippen LogP contribution >= 0.6 is 0 Å². The van der Waals surface area contributed by atoms with Crippen LogP contribution in [0.15, 0.2) is 10.9 Å². The van der Waals surface area contributed by atoms with Crippen molar-refractivity contribution in [1.29, 1.82) is 0 Å². The van der Waals surface area contributed by atoms with Crippen LogP contribution in [0.3, 0.4) is 0 Å². The summed E-state index contributed by atoms with van der Waals surface area (Å²) >= 11 is 0. The third-order valence-electron chi connectivity index (χ3n) is 2.48. The number of H-pyrrole nitrogens is 1. The molecular weight excluding hydrogens is 234 g/mol. The van der Waals surface area contributed by atoms with E-state index in [0.717, 1.165) is 13.1 Å². The molecular formula is C12H19N3O3. The van der Waals surface area contributed by atoms with Gasteiger partial charge in [-0.2, -0.15) is 0 Å². The van der Waals surface area contributed by atoms with Crippen molar-refractivity contribution >= 4 is 11.8 Å². The molecule has 1 N–H and O–H groups in total. The van der Waals surface area contributed by atoms with Gasteiger partial charge in [-0.15, -0.1) is 0 Å². The highest BCUT2D eigenvalue weighted by molar-refractivity contribution is 5.71. The summed E-state index contributed by atoms with van der Waals surface area (Å²) in [6, 6.07) is 1.43. The lowest BCUT2D eigenvalue weighted by atomic mass is 10.3. The maximum absolute atomic E-state index is 11.5. The van der Waals surface area contributed by atoms with E-state index in [4.69, 9.17) is 4.74 Å². The summed E-state index contributed by atoms with van der Waals surface area (Å²) < 4.78 is 4.82. The Morgan fingerprint density at radius 1 is 1.39 bits per heavy atom. The standard InChI is InChI=1S/C12H19N3O3/c1-4-15(5-2)10-8-11(16)14-9(13-10)7-12(17)18-6-3/h8H,4-7H2,1-3H3,(H,13,14,16). The van der Waals surface area contributed by atoms with Crippen molar-refractivity contribution in [2.45, 2.75) is 27.2 Å². The average molecular weight is 253 g/mol. The van der Waals surface area contributed by atoms with E-state index in [9.17, 15) is 9.59 Å². The zero-order chi connectivity index (χ0) is 13.5. The zero-order valence-electron chi connectivity index (χ0n) is 11.0. The topological polar surface area (TPSA) is 75.3 Å². The van der Waals surface area contributed by atoms with Crippen molar-refractivity contribution in [3.8, 4) is 0 Å². The summed E-state index contributed by atoms with van der Waals surface area (Å²) in [5, 5.41) is 0. The molecule has 0 aliphatic heterocycles. The average Bonchev–Trinajstić information content (AvgIpc) is 2.30. The van der Waals surface area contributed by atoms with E-state index < -0.39 is 5.97 Å². The number of carbonyl (C=O) groups excluding carboxylic acids is 1. The molecule has 0 fully saturated rings. The number of hydrogen-bond acceptors (Lipinski definition) is 5. The maximum Gasteiger partial charge on any atom is 0.313 e. The minimum absolute atomic E-state index is 0.0157. The van der Waals surface area contributed by atoms with Gasteiger partial charge >= 0.3 is 5.97 Å². The normalized spacial score (nSPS) is 10.2. The molecule has 0 atom stereocenters. The summed E-state index contributed by atoms with van der Waals surface area (Å²) in [5.41, 5.74) is -0.258. The number of anilines is 1. The largest absolute Gasteiger partial charge is 0.466 e. The summed E-state index contributed by atoms with van der Waals surface area (Å²) in [6.45, 7) is 7.53. The number of aromatic nitrogens is 2. The van der Waals surface area contributed by atoms with E-state index in [0.29, 0.717) is 18.2 Å². The summed E-state index contributed by atoms with van der Waals surface area (Å²) in [4.78, 5) is 31.6.